The Labute approximate surface area is 479 Å². The maximum absolute atomic E-state index is 12.9. The Kier molecular flexibility index (Phi) is 63.2. The Hall–Kier alpha value is -2.89. The number of rotatable bonds is 62. The van der Waals surface area contributed by atoms with E-state index in [4.69, 9.17) is 14.2 Å². The van der Waals surface area contributed by atoms with Crippen LogP contribution in [0.25, 0.3) is 0 Å². The van der Waals surface area contributed by atoms with Crippen LogP contribution in [0.2, 0.25) is 0 Å². The molecule has 6 heteroatoms. The lowest BCUT2D eigenvalue weighted by atomic mass is 10.0. The van der Waals surface area contributed by atoms with Gasteiger partial charge in [0.05, 0.1) is 0 Å². The number of esters is 3. The lowest BCUT2D eigenvalue weighted by molar-refractivity contribution is -0.167. The van der Waals surface area contributed by atoms with Crippen molar-refractivity contribution in [1.82, 2.24) is 0 Å². The highest BCUT2D eigenvalue weighted by atomic mass is 16.6. The zero-order valence-electron chi connectivity index (χ0n) is 51.5. The van der Waals surface area contributed by atoms with Gasteiger partial charge in [0.1, 0.15) is 13.2 Å². The number of carbonyl (C=O) groups excluding carboxylic acids is 3. The van der Waals surface area contributed by atoms with Crippen molar-refractivity contribution in [3.8, 4) is 0 Å². The molecule has 0 rings (SSSR count). The standard InChI is InChI=1S/C71H128O6/c1-4-7-10-13-16-19-22-24-26-28-29-30-31-32-33-34-35-36-37-38-39-40-41-43-44-46-49-52-55-58-61-64-70(73)76-67-68(66-75-69(72)63-60-57-54-51-48-21-18-15-12-9-6-3)77-71(74)65-62-59-56-53-50-47-45-42-27-25-23-20-17-14-11-8-5-2/h8,11,17,20,25,27,45,47,53,56,68H,4-7,9-10,12-16,18-19,21-24,26,28-44,46,48-52,54-55,57-67H2,1-3H3/b11-8-,20-17-,27-25-,47-45-,56-53-. The molecule has 0 spiro atoms. The minimum absolute atomic E-state index is 0.0926. The van der Waals surface area contributed by atoms with E-state index in [1.54, 1.807) is 0 Å². The van der Waals surface area contributed by atoms with Gasteiger partial charge in [0.2, 0.25) is 0 Å². The van der Waals surface area contributed by atoms with Crippen LogP contribution in [-0.4, -0.2) is 37.2 Å². The molecule has 0 heterocycles. The van der Waals surface area contributed by atoms with Gasteiger partial charge >= 0.3 is 17.9 Å². The van der Waals surface area contributed by atoms with Gasteiger partial charge in [-0.3, -0.25) is 14.4 Å². The van der Waals surface area contributed by atoms with Gasteiger partial charge in [-0.05, 0) is 57.8 Å². The summed E-state index contributed by atoms with van der Waals surface area (Å²) in [6, 6.07) is 0. The average molecular weight is 1080 g/mol. The van der Waals surface area contributed by atoms with Gasteiger partial charge in [-0.15, -0.1) is 0 Å². The summed E-state index contributed by atoms with van der Waals surface area (Å²) in [5.41, 5.74) is 0. The van der Waals surface area contributed by atoms with Crippen molar-refractivity contribution >= 4 is 17.9 Å². The van der Waals surface area contributed by atoms with Crippen LogP contribution < -0.4 is 0 Å². The number of ether oxygens (including phenoxy) is 3. The van der Waals surface area contributed by atoms with E-state index in [2.05, 4.69) is 81.5 Å². The smallest absolute Gasteiger partial charge is 0.306 e. The average Bonchev–Trinajstić information content (AvgIpc) is 3.43. The third-order valence-corrected chi connectivity index (χ3v) is 15.0. The summed E-state index contributed by atoms with van der Waals surface area (Å²) in [6.45, 7) is 6.52. The van der Waals surface area contributed by atoms with Crippen LogP contribution >= 0.6 is 0 Å². The van der Waals surface area contributed by atoms with Crippen LogP contribution in [0, 0.1) is 0 Å². The van der Waals surface area contributed by atoms with Gasteiger partial charge in [-0.25, -0.2) is 0 Å². The molecule has 0 aromatic rings. The van der Waals surface area contributed by atoms with E-state index in [0.717, 1.165) is 77.0 Å². The fourth-order valence-corrected chi connectivity index (χ4v) is 10.0. The molecule has 1 unspecified atom stereocenters. The number of allylic oxidation sites excluding steroid dienone is 10. The molecule has 0 bridgehead atoms. The first-order valence-electron chi connectivity index (χ1n) is 33.8. The monoisotopic (exact) mass is 1080 g/mol. The molecule has 0 fully saturated rings. The Morgan fingerprint density at radius 3 is 0.779 bits per heavy atom. The van der Waals surface area contributed by atoms with Gasteiger partial charge in [0.25, 0.3) is 0 Å². The molecule has 0 aliphatic carbocycles. The first-order valence-corrected chi connectivity index (χ1v) is 33.8. The fraction of sp³-hybridized carbons (Fsp3) is 0.817. The molecule has 0 aromatic heterocycles. The summed E-state index contributed by atoms with van der Waals surface area (Å²) in [7, 11) is 0. The van der Waals surface area contributed by atoms with Gasteiger partial charge in [0.15, 0.2) is 6.10 Å². The molecular formula is C71H128O6. The summed E-state index contributed by atoms with van der Waals surface area (Å²) in [4.78, 5) is 38.2. The Balaban J connectivity index is 4.15. The molecule has 0 radical (unpaired) electrons. The molecule has 0 aliphatic heterocycles. The maximum atomic E-state index is 12.9. The van der Waals surface area contributed by atoms with Crippen LogP contribution in [0.5, 0.6) is 0 Å². The zero-order valence-corrected chi connectivity index (χ0v) is 51.5. The first-order chi connectivity index (χ1) is 38.0. The number of hydrogen-bond acceptors (Lipinski definition) is 6. The Morgan fingerprint density at radius 1 is 0.273 bits per heavy atom. The lowest BCUT2D eigenvalue weighted by Gasteiger charge is -2.18. The van der Waals surface area contributed by atoms with Crippen molar-refractivity contribution in [2.75, 3.05) is 13.2 Å². The van der Waals surface area contributed by atoms with Crippen molar-refractivity contribution in [2.45, 2.75) is 361 Å². The highest BCUT2D eigenvalue weighted by Gasteiger charge is 2.19. The van der Waals surface area contributed by atoms with Gasteiger partial charge < -0.3 is 14.2 Å². The summed E-state index contributed by atoms with van der Waals surface area (Å²) in [5.74, 6) is -0.934. The zero-order chi connectivity index (χ0) is 55.7. The lowest BCUT2D eigenvalue weighted by Crippen LogP contribution is -2.30. The Morgan fingerprint density at radius 2 is 0.506 bits per heavy atom. The molecule has 0 saturated heterocycles. The van der Waals surface area contributed by atoms with E-state index in [0.29, 0.717) is 19.3 Å². The van der Waals surface area contributed by atoms with Crippen LogP contribution in [0.1, 0.15) is 355 Å². The van der Waals surface area contributed by atoms with Crippen molar-refractivity contribution in [3.63, 3.8) is 0 Å². The topological polar surface area (TPSA) is 78.9 Å². The SMILES string of the molecule is CC/C=C\C/C=C\C/C=C\C/C=C\C/C=C\CCCC(=O)OC(COC(=O)CCCCCCCCCCCCC)COC(=O)CCCCCCCCCCCCCCCCCCCCCCCCCCCCCCCCC. The second kappa shape index (κ2) is 65.6. The van der Waals surface area contributed by atoms with Crippen LogP contribution in [0.4, 0.5) is 0 Å². The molecule has 6 nitrogen and oxygen atoms in total. The summed E-state index contributed by atoms with van der Waals surface area (Å²) in [5, 5.41) is 0. The van der Waals surface area contributed by atoms with Crippen molar-refractivity contribution in [2.24, 2.45) is 0 Å². The van der Waals surface area contributed by atoms with E-state index in [9.17, 15) is 14.4 Å². The predicted molar refractivity (Wildman–Crippen MR) is 335 cm³/mol. The van der Waals surface area contributed by atoms with Gasteiger partial charge in [0, 0.05) is 19.3 Å². The van der Waals surface area contributed by atoms with E-state index in [-0.39, 0.29) is 37.5 Å². The number of hydrogen-bond donors (Lipinski definition) is 0. The molecule has 0 amide bonds. The molecule has 448 valence electrons. The van der Waals surface area contributed by atoms with Crippen LogP contribution in [0.15, 0.2) is 60.8 Å². The normalized spacial score (nSPS) is 12.4. The van der Waals surface area contributed by atoms with Crippen LogP contribution in [0.3, 0.4) is 0 Å². The maximum Gasteiger partial charge on any atom is 0.306 e. The second-order valence-corrected chi connectivity index (χ2v) is 22.7. The van der Waals surface area contributed by atoms with Crippen molar-refractivity contribution in [3.05, 3.63) is 60.8 Å². The first kappa shape index (κ1) is 74.1. The minimum atomic E-state index is -0.801. The summed E-state index contributed by atoms with van der Waals surface area (Å²) < 4.78 is 16.9. The highest BCUT2D eigenvalue weighted by Crippen LogP contribution is 2.18. The van der Waals surface area contributed by atoms with Crippen LogP contribution in [-0.2, 0) is 28.6 Å². The molecule has 0 N–H and O–H groups in total. The number of unbranched alkanes of at least 4 members (excludes halogenated alkanes) is 41. The fourth-order valence-electron chi connectivity index (χ4n) is 10.0. The predicted octanol–water partition coefficient (Wildman–Crippen LogP) is 23.1. The van der Waals surface area contributed by atoms with Crippen molar-refractivity contribution in [1.29, 1.82) is 0 Å². The third kappa shape index (κ3) is 63.8. The Bertz CT molecular complexity index is 1380. The molecular weight excluding hydrogens is 949 g/mol. The summed E-state index contributed by atoms with van der Waals surface area (Å²) in [6.07, 6.45) is 84.2. The van der Waals surface area contributed by atoms with Gasteiger partial charge in [-0.1, -0.05) is 338 Å². The van der Waals surface area contributed by atoms with E-state index in [1.165, 1.54) is 231 Å². The number of carbonyl (C=O) groups is 3. The molecule has 1 atom stereocenters. The summed E-state index contributed by atoms with van der Waals surface area (Å²) >= 11 is 0. The van der Waals surface area contributed by atoms with E-state index < -0.39 is 6.10 Å². The quantitative estimate of drug-likeness (QED) is 0.0261. The molecule has 0 aromatic carbocycles. The van der Waals surface area contributed by atoms with Crippen molar-refractivity contribution < 1.29 is 28.6 Å². The molecule has 0 aliphatic rings. The minimum Gasteiger partial charge on any atom is -0.462 e. The van der Waals surface area contributed by atoms with E-state index in [1.807, 2.05) is 0 Å². The third-order valence-electron chi connectivity index (χ3n) is 15.0. The largest absolute Gasteiger partial charge is 0.462 e. The van der Waals surface area contributed by atoms with E-state index >= 15 is 0 Å². The second-order valence-electron chi connectivity index (χ2n) is 22.7. The molecule has 0 saturated carbocycles. The molecule has 77 heavy (non-hydrogen) atoms. The highest BCUT2D eigenvalue weighted by molar-refractivity contribution is 5.71. The van der Waals surface area contributed by atoms with Gasteiger partial charge in [-0.2, -0.15) is 0 Å².